The number of nitrogens with one attached hydrogen (secondary N) is 2. The van der Waals surface area contributed by atoms with Crippen molar-refractivity contribution in [2.24, 2.45) is 11.8 Å². The van der Waals surface area contributed by atoms with Gasteiger partial charge in [0.05, 0.1) is 27.8 Å². The fourth-order valence-electron chi connectivity index (χ4n) is 3.88. The van der Waals surface area contributed by atoms with Crippen LogP contribution >= 0.6 is 0 Å². The number of nitrogens with zero attached hydrogens (tertiary/aromatic N) is 2. The first kappa shape index (κ1) is 26.7. The van der Waals surface area contributed by atoms with Gasteiger partial charge in [0.2, 0.25) is 0 Å². The first-order valence-corrected chi connectivity index (χ1v) is 12.5. The van der Waals surface area contributed by atoms with Crippen molar-refractivity contribution >= 4 is 32.8 Å². The third-order valence-corrected chi connectivity index (χ3v) is 6.82. The molecule has 0 unspecified atom stereocenters. The van der Waals surface area contributed by atoms with Gasteiger partial charge >= 0.3 is 6.18 Å². The Labute approximate surface area is 190 Å². The molecule has 1 aliphatic carbocycles. The van der Waals surface area contributed by atoms with Gasteiger partial charge in [0.15, 0.2) is 0 Å². The van der Waals surface area contributed by atoms with Gasteiger partial charge in [-0.25, -0.2) is 8.42 Å². The Morgan fingerprint density at radius 1 is 1.24 bits per heavy atom. The molecule has 0 heterocycles. The van der Waals surface area contributed by atoms with E-state index in [2.05, 4.69) is 10.6 Å². The van der Waals surface area contributed by atoms with Gasteiger partial charge in [-0.05, 0) is 37.7 Å². The third-order valence-electron chi connectivity index (χ3n) is 5.89. The molecular formula is C20H29F3N4O5S. The highest BCUT2D eigenvalue weighted by atomic mass is 32.2. The Kier molecular flexibility index (Phi) is 8.55. The van der Waals surface area contributed by atoms with Crippen LogP contribution in [0, 0.1) is 22.0 Å². The molecule has 1 aromatic rings. The second-order valence-corrected chi connectivity index (χ2v) is 10.7. The molecular weight excluding hydrogens is 465 g/mol. The molecule has 1 fully saturated rings. The van der Waals surface area contributed by atoms with E-state index in [0.717, 1.165) is 12.3 Å². The molecule has 2 rings (SSSR count). The van der Waals surface area contributed by atoms with E-state index < -0.39 is 32.8 Å². The van der Waals surface area contributed by atoms with Crippen molar-refractivity contribution in [3.8, 4) is 0 Å². The average Bonchev–Trinajstić information content (AvgIpc) is 2.73. The van der Waals surface area contributed by atoms with E-state index in [9.17, 15) is 36.5 Å². The van der Waals surface area contributed by atoms with Gasteiger partial charge in [0.1, 0.15) is 15.5 Å². The minimum absolute atomic E-state index is 0.00581. The Morgan fingerprint density at radius 2 is 1.85 bits per heavy atom. The summed E-state index contributed by atoms with van der Waals surface area (Å²) in [6.45, 7) is 0.207. The van der Waals surface area contributed by atoms with Crippen LogP contribution in [0.4, 0.5) is 30.2 Å². The largest absolute Gasteiger partial charge is 0.391 e. The van der Waals surface area contributed by atoms with E-state index in [1.165, 1.54) is 18.0 Å². The molecule has 1 aliphatic rings. The van der Waals surface area contributed by atoms with Gasteiger partial charge in [-0.2, -0.15) is 13.2 Å². The van der Waals surface area contributed by atoms with Crippen LogP contribution in [0.15, 0.2) is 12.1 Å². The molecule has 13 heteroatoms. The van der Waals surface area contributed by atoms with E-state index in [-0.39, 0.29) is 54.5 Å². The van der Waals surface area contributed by atoms with E-state index in [1.54, 1.807) is 7.05 Å². The van der Waals surface area contributed by atoms with Crippen LogP contribution in [-0.4, -0.2) is 64.6 Å². The molecule has 0 aromatic heterocycles. The maximum absolute atomic E-state index is 12.9. The number of anilines is 2. The van der Waals surface area contributed by atoms with Gasteiger partial charge in [0, 0.05) is 39.5 Å². The zero-order valence-electron chi connectivity index (χ0n) is 18.7. The summed E-state index contributed by atoms with van der Waals surface area (Å²) in [5.41, 5.74) is 0.115. The molecule has 0 spiro atoms. The highest BCUT2D eigenvalue weighted by molar-refractivity contribution is 7.90. The molecule has 186 valence electrons. The summed E-state index contributed by atoms with van der Waals surface area (Å²) in [5, 5.41) is 16.8. The summed E-state index contributed by atoms with van der Waals surface area (Å²) < 4.78 is 61.6. The van der Waals surface area contributed by atoms with Gasteiger partial charge in [-0.1, -0.05) is 0 Å². The van der Waals surface area contributed by atoms with Crippen LogP contribution < -0.4 is 15.5 Å². The lowest BCUT2D eigenvalue weighted by atomic mass is 9.81. The van der Waals surface area contributed by atoms with Crippen molar-refractivity contribution in [3.05, 3.63) is 27.8 Å². The van der Waals surface area contributed by atoms with E-state index in [0.29, 0.717) is 18.5 Å². The van der Waals surface area contributed by atoms with Crippen molar-refractivity contribution < 1.29 is 31.3 Å². The summed E-state index contributed by atoms with van der Waals surface area (Å²) in [5.74, 6) is -2.24. The predicted molar refractivity (Wildman–Crippen MR) is 119 cm³/mol. The van der Waals surface area contributed by atoms with E-state index >= 15 is 0 Å². The first-order valence-electron chi connectivity index (χ1n) is 10.5. The third kappa shape index (κ3) is 7.47. The number of halogens is 3. The van der Waals surface area contributed by atoms with Crippen molar-refractivity contribution in [2.75, 3.05) is 49.4 Å². The fraction of sp³-hybridized carbons (Fsp3) is 0.650. The molecule has 9 nitrogen and oxygen atoms in total. The summed E-state index contributed by atoms with van der Waals surface area (Å²) in [6.07, 6.45) is -2.48. The number of nitro groups is 1. The molecule has 1 amide bonds. The summed E-state index contributed by atoms with van der Waals surface area (Å²) in [4.78, 5) is 25.3. The summed E-state index contributed by atoms with van der Waals surface area (Å²) >= 11 is 0. The smallest absolute Gasteiger partial charge is 0.383 e. The Balaban J connectivity index is 2.20. The average molecular weight is 495 g/mol. The zero-order chi connectivity index (χ0) is 25.0. The standard InChI is InChI=1S/C20H29F3N4O5S/c1-24-16-11-17(26(2)8-9-33(3,31)32)15(10-18(16)27(29)30)19(28)25-12-13-4-6-14(7-5-13)20(21,22)23/h10-11,13-14,24H,4-9,12H2,1-3H3,(H,25,28). The van der Waals surface area contributed by atoms with Crippen molar-refractivity contribution in [3.63, 3.8) is 0 Å². The highest BCUT2D eigenvalue weighted by Gasteiger charge is 2.41. The fourth-order valence-corrected chi connectivity index (χ4v) is 4.48. The van der Waals surface area contributed by atoms with Crippen LogP contribution in [0.3, 0.4) is 0 Å². The SMILES string of the molecule is CNc1cc(N(C)CCS(C)(=O)=O)c(C(=O)NCC2CCC(C(F)(F)F)CC2)cc1[N+](=O)[O-]. The minimum atomic E-state index is -4.21. The number of alkyl halides is 3. The molecule has 0 aliphatic heterocycles. The van der Waals surface area contributed by atoms with Gasteiger partial charge in [-0.15, -0.1) is 0 Å². The van der Waals surface area contributed by atoms with Crippen molar-refractivity contribution in [1.82, 2.24) is 5.32 Å². The van der Waals surface area contributed by atoms with E-state index in [1.807, 2.05) is 0 Å². The topological polar surface area (TPSA) is 122 Å². The number of carbonyl (C=O) groups excluding carboxylic acids is 1. The number of benzene rings is 1. The van der Waals surface area contributed by atoms with Crippen molar-refractivity contribution in [1.29, 1.82) is 0 Å². The van der Waals surface area contributed by atoms with E-state index in [4.69, 9.17) is 0 Å². The monoisotopic (exact) mass is 494 g/mol. The second kappa shape index (κ2) is 10.6. The van der Waals surface area contributed by atoms with Crippen LogP contribution in [0.5, 0.6) is 0 Å². The van der Waals surface area contributed by atoms with Gasteiger partial charge in [-0.3, -0.25) is 14.9 Å². The Hall–Kier alpha value is -2.57. The van der Waals surface area contributed by atoms with Gasteiger partial charge < -0.3 is 15.5 Å². The number of rotatable bonds is 9. The quantitative estimate of drug-likeness (QED) is 0.399. The lowest BCUT2D eigenvalue weighted by Gasteiger charge is -2.30. The molecule has 33 heavy (non-hydrogen) atoms. The number of carbonyl (C=O) groups is 1. The second-order valence-electron chi connectivity index (χ2n) is 8.41. The predicted octanol–water partition coefficient (Wildman–Crippen LogP) is 3.22. The lowest BCUT2D eigenvalue weighted by Crippen LogP contribution is -2.35. The van der Waals surface area contributed by atoms with Gasteiger partial charge in [0.25, 0.3) is 11.6 Å². The van der Waals surface area contributed by atoms with Crippen LogP contribution in [0.1, 0.15) is 36.0 Å². The summed E-state index contributed by atoms with van der Waals surface area (Å²) in [6, 6.07) is 2.53. The number of amides is 1. The lowest BCUT2D eigenvalue weighted by molar-refractivity contribution is -0.383. The molecule has 0 bridgehead atoms. The maximum Gasteiger partial charge on any atom is 0.391 e. The minimum Gasteiger partial charge on any atom is -0.383 e. The van der Waals surface area contributed by atoms with Crippen LogP contribution in [-0.2, 0) is 9.84 Å². The molecule has 0 atom stereocenters. The zero-order valence-corrected chi connectivity index (χ0v) is 19.6. The normalized spacial score (nSPS) is 19.1. The Bertz CT molecular complexity index is 977. The number of sulfone groups is 1. The molecule has 0 saturated heterocycles. The maximum atomic E-state index is 12.9. The molecule has 0 radical (unpaired) electrons. The molecule has 2 N–H and O–H groups in total. The molecule has 1 saturated carbocycles. The Morgan fingerprint density at radius 3 is 2.33 bits per heavy atom. The van der Waals surface area contributed by atoms with Crippen LogP contribution in [0.2, 0.25) is 0 Å². The summed E-state index contributed by atoms with van der Waals surface area (Å²) in [7, 11) is -0.227. The number of hydrogen-bond acceptors (Lipinski definition) is 7. The van der Waals surface area contributed by atoms with Crippen molar-refractivity contribution in [2.45, 2.75) is 31.9 Å². The number of nitro benzene ring substituents is 1. The highest BCUT2D eigenvalue weighted by Crippen LogP contribution is 2.39. The number of hydrogen-bond donors (Lipinski definition) is 2. The molecule has 1 aromatic carbocycles. The van der Waals surface area contributed by atoms with Crippen LogP contribution in [0.25, 0.3) is 0 Å². The first-order chi connectivity index (χ1) is 15.2.